The van der Waals surface area contributed by atoms with Crippen molar-refractivity contribution in [2.24, 2.45) is 0 Å². The van der Waals surface area contributed by atoms with Gasteiger partial charge in [0.1, 0.15) is 0 Å². The molecule has 0 aliphatic carbocycles. The van der Waals surface area contributed by atoms with Gasteiger partial charge in [-0.1, -0.05) is 15.9 Å². The first-order chi connectivity index (χ1) is 9.09. The third-order valence-corrected chi connectivity index (χ3v) is 5.94. The van der Waals surface area contributed by atoms with Crippen molar-refractivity contribution in [3.05, 3.63) is 26.6 Å². The first kappa shape index (κ1) is 18.1. The molecule has 0 spiro atoms. The molecule has 0 saturated carbocycles. The highest BCUT2D eigenvalue weighted by molar-refractivity contribution is 9.11. The van der Waals surface area contributed by atoms with E-state index in [1.54, 1.807) is 12.1 Å². The minimum Gasteiger partial charge on any atom is -0.375 e. The highest BCUT2D eigenvalue weighted by Crippen LogP contribution is 2.28. The van der Waals surface area contributed by atoms with Crippen molar-refractivity contribution in [2.75, 3.05) is 13.2 Å². The fraction of sp³-hybridized carbons (Fsp3) is 0.538. The molecule has 1 rings (SSSR count). The number of aryl methyl sites for hydroxylation is 1. The Hall–Kier alpha value is 0.0500. The fourth-order valence-corrected chi connectivity index (χ4v) is 4.50. The third kappa shape index (κ3) is 4.80. The van der Waals surface area contributed by atoms with Gasteiger partial charge in [0.15, 0.2) is 0 Å². The van der Waals surface area contributed by atoms with Gasteiger partial charge in [-0.2, -0.15) is 0 Å². The van der Waals surface area contributed by atoms with Crippen LogP contribution < -0.4 is 4.72 Å². The van der Waals surface area contributed by atoms with Gasteiger partial charge in [0, 0.05) is 22.1 Å². The van der Waals surface area contributed by atoms with Crippen LogP contribution >= 0.6 is 31.9 Å². The summed E-state index contributed by atoms with van der Waals surface area (Å²) in [6.45, 7) is 8.22. The number of sulfonamides is 1. The van der Waals surface area contributed by atoms with E-state index in [4.69, 9.17) is 4.74 Å². The van der Waals surface area contributed by atoms with Gasteiger partial charge in [-0.25, -0.2) is 13.1 Å². The highest BCUT2D eigenvalue weighted by atomic mass is 79.9. The van der Waals surface area contributed by atoms with Crippen LogP contribution in [0.25, 0.3) is 0 Å². The largest absolute Gasteiger partial charge is 0.375 e. The van der Waals surface area contributed by atoms with E-state index < -0.39 is 15.6 Å². The molecule has 0 amide bonds. The molecule has 4 nitrogen and oxygen atoms in total. The molecule has 0 aliphatic rings. The minimum absolute atomic E-state index is 0.209. The van der Waals surface area contributed by atoms with Crippen molar-refractivity contribution in [1.82, 2.24) is 4.72 Å². The summed E-state index contributed by atoms with van der Waals surface area (Å²) in [5.74, 6) is 0. The van der Waals surface area contributed by atoms with Gasteiger partial charge in [-0.15, -0.1) is 0 Å². The normalized spacial score (nSPS) is 12.7. The van der Waals surface area contributed by atoms with E-state index in [1.165, 1.54) is 0 Å². The Labute approximate surface area is 137 Å². The Morgan fingerprint density at radius 3 is 2.40 bits per heavy atom. The molecule has 0 aromatic heterocycles. The molecule has 0 fully saturated rings. The van der Waals surface area contributed by atoms with Crippen LogP contribution in [0, 0.1) is 6.92 Å². The van der Waals surface area contributed by atoms with E-state index in [-0.39, 0.29) is 11.4 Å². The second-order valence-corrected chi connectivity index (χ2v) is 8.49. The smallest absolute Gasteiger partial charge is 0.241 e. The molecule has 0 unspecified atom stereocenters. The number of benzene rings is 1. The van der Waals surface area contributed by atoms with Gasteiger partial charge in [-0.05, 0) is 61.3 Å². The number of halogens is 2. The van der Waals surface area contributed by atoms with E-state index in [0.29, 0.717) is 11.1 Å². The van der Waals surface area contributed by atoms with Crippen molar-refractivity contribution in [3.63, 3.8) is 0 Å². The van der Waals surface area contributed by atoms with Crippen LogP contribution in [0.2, 0.25) is 0 Å². The van der Waals surface area contributed by atoms with Gasteiger partial charge in [0.25, 0.3) is 0 Å². The minimum atomic E-state index is -3.59. The topological polar surface area (TPSA) is 55.4 Å². The second-order valence-electron chi connectivity index (χ2n) is 5.05. The van der Waals surface area contributed by atoms with Crippen LogP contribution in [-0.2, 0) is 14.8 Å². The molecule has 0 aliphatic heterocycles. The Morgan fingerprint density at radius 1 is 1.25 bits per heavy atom. The molecular weight excluding hydrogens is 410 g/mol. The zero-order valence-electron chi connectivity index (χ0n) is 12.0. The zero-order valence-corrected chi connectivity index (χ0v) is 15.9. The number of hydrogen-bond donors (Lipinski definition) is 1. The van der Waals surface area contributed by atoms with Gasteiger partial charge in [0.05, 0.1) is 10.5 Å². The van der Waals surface area contributed by atoms with Gasteiger partial charge in [-0.3, -0.25) is 0 Å². The summed E-state index contributed by atoms with van der Waals surface area (Å²) in [7, 11) is -3.59. The van der Waals surface area contributed by atoms with E-state index in [1.807, 2.05) is 27.7 Å². The molecular formula is C13H19Br2NO3S. The third-order valence-electron chi connectivity index (χ3n) is 2.73. The average molecular weight is 429 g/mol. The van der Waals surface area contributed by atoms with Crippen LogP contribution in [-0.4, -0.2) is 27.2 Å². The molecule has 0 heterocycles. The summed E-state index contributed by atoms with van der Waals surface area (Å²) in [5.41, 5.74) is 0.418. The molecule has 20 heavy (non-hydrogen) atoms. The molecule has 0 atom stereocenters. The predicted octanol–water partition coefficient (Wildman–Crippen LogP) is 3.61. The lowest BCUT2D eigenvalue weighted by Crippen LogP contribution is -2.40. The highest BCUT2D eigenvalue weighted by Gasteiger charge is 2.24. The Balaban J connectivity index is 2.98. The molecule has 1 aromatic carbocycles. The van der Waals surface area contributed by atoms with E-state index >= 15 is 0 Å². The standard InChI is InChI=1S/C13H19Br2NO3S/c1-5-19-13(3,4)8-16-20(17,18)12-7-10(14)9(2)6-11(12)15/h6-7,16H,5,8H2,1-4H3. The Kier molecular flexibility index (Phi) is 6.22. The van der Waals surface area contributed by atoms with Crippen molar-refractivity contribution in [2.45, 2.75) is 38.2 Å². The maximum Gasteiger partial charge on any atom is 0.241 e. The number of rotatable bonds is 6. The Bertz CT molecular complexity index is 586. The molecule has 0 radical (unpaired) electrons. The fourth-order valence-electron chi connectivity index (χ4n) is 1.62. The lowest BCUT2D eigenvalue weighted by atomic mass is 10.1. The van der Waals surface area contributed by atoms with Gasteiger partial charge < -0.3 is 4.74 Å². The van der Waals surface area contributed by atoms with Crippen LogP contribution in [0.15, 0.2) is 26.0 Å². The first-order valence-electron chi connectivity index (χ1n) is 6.18. The monoisotopic (exact) mass is 427 g/mol. The summed E-state index contributed by atoms with van der Waals surface area (Å²) in [6, 6.07) is 3.36. The SMILES string of the molecule is CCOC(C)(C)CNS(=O)(=O)c1cc(Br)c(C)cc1Br. The zero-order chi connectivity index (χ0) is 15.6. The van der Waals surface area contributed by atoms with Crippen LogP contribution in [0.5, 0.6) is 0 Å². The lowest BCUT2D eigenvalue weighted by Gasteiger charge is -2.25. The van der Waals surface area contributed by atoms with Crippen molar-refractivity contribution >= 4 is 41.9 Å². The molecule has 1 N–H and O–H groups in total. The molecule has 114 valence electrons. The Morgan fingerprint density at radius 2 is 1.85 bits per heavy atom. The quantitative estimate of drug-likeness (QED) is 0.752. The number of nitrogens with one attached hydrogen (secondary N) is 1. The lowest BCUT2D eigenvalue weighted by molar-refractivity contribution is -0.00515. The van der Waals surface area contributed by atoms with E-state index in [9.17, 15) is 8.42 Å². The first-order valence-corrected chi connectivity index (χ1v) is 9.25. The second kappa shape index (κ2) is 6.87. The van der Waals surface area contributed by atoms with Gasteiger partial charge >= 0.3 is 0 Å². The summed E-state index contributed by atoms with van der Waals surface area (Å²) < 4.78 is 34.1. The van der Waals surface area contributed by atoms with Crippen LogP contribution in [0.4, 0.5) is 0 Å². The summed E-state index contributed by atoms with van der Waals surface area (Å²) in [6.07, 6.45) is 0. The number of ether oxygens (including phenoxy) is 1. The van der Waals surface area contributed by atoms with E-state index in [0.717, 1.165) is 10.0 Å². The average Bonchev–Trinajstić information content (AvgIpc) is 2.31. The van der Waals surface area contributed by atoms with Crippen molar-refractivity contribution in [1.29, 1.82) is 0 Å². The summed E-state index contributed by atoms with van der Waals surface area (Å²) >= 11 is 6.65. The predicted molar refractivity (Wildman–Crippen MR) is 87.5 cm³/mol. The van der Waals surface area contributed by atoms with Crippen LogP contribution in [0.3, 0.4) is 0 Å². The number of hydrogen-bond acceptors (Lipinski definition) is 3. The van der Waals surface area contributed by atoms with Crippen LogP contribution in [0.1, 0.15) is 26.3 Å². The van der Waals surface area contributed by atoms with E-state index in [2.05, 4.69) is 36.6 Å². The molecule has 1 aromatic rings. The van der Waals surface area contributed by atoms with Crippen molar-refractivity contribution in [3.8, 4) is 0 Å². The molecule has 7 heteroatoms. The van der Waals surface area contributed by atoms with Gasteiger partial charge in [0.2, 0.25) is 10.0 Å². The summed E-state index contributed by atoms with van der Waals surface area (Å²) in [4.78, 5) is 0.210. The summed E-state index contributed by atoms with van der Waals surface area (Å²) in [5, 5.41) is 0. The molecule has 0 saturated heterocycles. The molecule has 0 bridgehead atoms. The maximum atomic E-state index is 12.3. The maximum absolute atomic E-state index is 12.3. The van der Waals surface area contributed by atoms with Crippen molar-refractivity contribution < 1.29 is 13.2 Å².